The molecule has 2 bridgehead atoms. The van der Waals surface area contributed by atoms with Crippen molar-refractivity contribution in [3.05, 3.63) is 12.2 Å². The van der Waals surface area contributed by atoms with Crippen molar-refractivity contribution in [1.29, 1.82) is 0 Å². The van der Waals surface area contributed by atoms with E-state index in [0.717, 1.165) is 17.8 Å². The maximum atomic E-state index is 2.40. The molecule has 0 aromatic rings. The van der Waals surface area contributed by atoms with E-state index in [0.29, 0.717) is 0 Å². The van der Waals surface area contributed by atoms with Gasteiger partial charge in [-0.3, -0.25) is 0 Å². The third kappa shape index (κ3) is 0.460. The maximum Gasteiger partial charge on any atom is -0.0202 e. The van der Waals surface area contributed by atoms with Crippen LogP contribution in [0.25, 0.3) is 0 Å². The van der Waals surface area contributed by atoms with Crippen molar-refractivity contribution in [3.63, 3.8) is 0 Å². The van der Waals surface area contributed by atoms with Crippen molar-refractivity contribution in [2.75, 3.05) is 0 Å². The maximum absolute atomic E-state index is 2.40. The van der Waals surface area contributed by atoms with E-state index in [2.05, 4.69) is 19.1 Å². The van der Waals surface area contributed by atoms with Crippen molar-refractivity contribution in [3.8, 4) is 0 Å². The fourth-order valence-electron chi connectivity index (χ4n) is 2.06. The van der Waals surface area contributed by atoms with Crippen LogP contribution < -0.4 is 0 Å². The van der Waals surface area contributed by atoms with Crippen molar-refractivity contribution in [2.45, 2.75) is 19.8 Å². The minimum Gasteiger partial charge on any atom is -0.0851 e. The molecule has 0 radical (unpaired) electrons. The first-order valence-corrected chi connectivity index (χ1v) is 3.54. The zero-order valence-electron chi connectivity index (χ0n) is 5.30. The van der Waals surface area contributed by atoms with Crippen molar-refractivity contribution < 1.29 is 0 Å². The fourth-order valence-corrected chi connectivity index (χ4v) is 2.06. The Kier molecular flexibility index (Phi) is 0.787. The van der Waals surface area contributed by atoms with Gasteiger partial charge >= 0.3 is 0 Å². The molecule has 2 rings (SSSR count). The van der Waals surface area contributed by atoms with Crippen molar-refractivity contribution >= 4 is 0 Å². The summed E-state index contributed by atoms with van der Waals surface area (Å²) in [6.45, 7) is 2.37. The van der Waals surface area contributed by atoms with Gasteiger partial charge in [-0.25, -0.2) is 0 Å². The van der Waals surface area contributed by atoms with Gasteiger partial charge in [0, 0.05) is 0 Å². The Labute approximate surface area is 50.6 Å². The van der Waals surface area contributed by atoms with Crippen LogP contribution in [-0.2, 0) is 0 Å². The van der Waals surface area contributed by atoms with Crippen LogP contribution in [0, 0.1) is 17.8 Å². The monoisotopic (exact) mass is 108 g/mol. The first-order chi connectivity index (χ1) is 3.86. The highest BCUT2D eigenvalue weighted by Gasteiger charge is 2.32. The van der Waals surface area contributed by atoms with Gasteiger partial charge in [0.25, 0.3) is 0 Å². The molecule has 0 aromatic carbocycles. The standard InChI is InChI=1S/C8H12/c1-6-4-7-2-3-8(6)5-7/h2-3,6-8H,4-5H2,1H3/t6?,7-,8+/m1/s1. The predicted molar refractivity (Wildman–Crippen MR) is 34.5 cm³/mol. The van der Waals surface area contributed by atoms with Crippen LogP contribution in [-0.4, -0.2) is 0 Å². The molecule has 44 valence electrons. The molecule has 0 aliphatic heterocycles. The van der Waals surface area contributed by atoms with Gasteiger partial charge < -0.3 is 0 Å². The molecular formula is C8H12. The molecule has 1 fully saturated rings. The first-order valence-electron chi connectivity index (χ1n) is 3.54. The number of hydrogen-bond acceptors (Lipinski definition) is 0. The number of fused-ring (bicyclic) bond motifs is 2. The van der Waals surface area contributed by atoms with Crippen LogP contribution in [0.3, 0.4) is 0 Å². The molecule has 2 aliphatic carbocycles. The molecule has 0 spiro atoms. The average Bonchev–Trinajstić information content (AvgIpc) is 2.23. The van der Waals surface area contributed by atoms with Gasteiger partial charge in [-0.15, -0.1) is 0 Å². The van der Waals surface area contributed by atoms with E-state index in [4.69, 9.17) is 0 Å². The molecule has 1 saturated carbocycles. The van der Waals surface area contributed by atoms with Gasteiger partial charge in [-0.2, -0.15) is 0 Å². The van der Waals surface area contributed by atoms with E-state index in [1.165, 1.54) is 12.8 Å². The number of allylic oxidation sites excluding steroid dienone is 2. The fraction of sp³-hybridized carbons (Fsp3) is 0.750. The van der Waals surface area contributed by atoms with Crippen LogP contribution in [0.15, 0.2) is 12.2 Å². The summed E-state index contributed by atoms with van der Waals surface area (Å²) < 4.78 is 0. The highest BCUT2D eigenvalue weighted by atomic mass is 14.4. The van der Waals surface area contributed by atoms with Crippen molar-refractivity contribution in [2.24, 2.45) is 17.8 Å². The summed E-state index contributed by atoms with van der Waals surface area (Å²) in [5.74, 6) is 2.92. The summed E-state index contributed by atoms with van der Waals surface area (Å²) >= 11 is 0. The lowest BCUT2D eigenvalue weighted by molar-refractivity contribution is 0.493. The minimum absolute atomic E-state index is 0.958. The van der Waals surface area contributed by atoms with Crippen LogP contribution in [0.2, 0.25) is 0 Å². The third-order valence-electron chi connectivity index (χ3n) is 2.61. The van der Waals surface area contributed by atoms with Crippen LogP contribution in [0.5, 0.6) is 0 Å². The van der Waals surface area contributed by atoms with E-state index in [-0.39, 0.29) is 0 Å². The second-order valence-electron chi connectivity index (χ2n) is 3.26. The second kappa shape index (κ2) is 1.37. The van der Waals surface area contributed by atoms with Gasteiger partial charge in [-0.05, 0) is 30.6 Å². The summed E-state index contributed by atoms with van der Waals surface area (Å²) in [4.78, 5) is 0. The average molecular weight is 108 g/mol. The summed E-state index contributed by atoms with van der Waals surface area (Å²) in [6, 6.07) is 0. The topological polar surface area (TPSA) is 0 Å². The van der Waals surface area contributed by atoms with Crippen molar-refractivity contribution in [1.82, 2.24) is 0 Å². The first kappa shape index (κ1) is 4.60. The van der Waals surface area contributed by atoms with E-state index in [1.54, 1.807) is 0 Å². The smallest absolute Gasteiger partial charge is 0.0202 e. The second-order valence-corrected chi connectivity index (χ2v) is 3.26. The van der Waals surface area contributed by atoms with Gasteiger partial charge in [-0.1, -0.05) is 19.1 Å². The van der Waals surface area contributed by atoms with E-state index in [9.17, 15) is 0 Å². The molecule has 0 N–H and O–H groups in total. The van der Waals surface area contributed by atoms with Gasteiger partial charge in [0.2, 0.25) is 0 Å². The summed E-state index contributed by atoms with van der Waals surface area (Å²) in [7, 11) is 0. The predicted octanol–water partition coefficient (Wildman–Crippen LogP) is 2.22. The molecule has 0 heteroatoms. The summed E-state index contributed by atoms with van der Waals surface area (Å²) in [5.41, 5.74) is 0. The Morgan fingerprint density at radius 1 is 1.25 bits per heavy atom. The number of hydrogen-bond donors (Lipinski definition) is 0. The Morgan fingerprint density at radius 3 is 2.38 bits per heavy atom. The quantitative estimate of drug-likeness (QED) is 0.417. The molecule has 0 saturated heterocycles. The summed E-state index contributed by atoms with van der Waals surface area (Å²) in [5, 5.41) is 0. The van der Waals surface area contributed by atoms with Crippen LogP contribution in [0.1, 0.15) is 19.8 Å². The Balaban J connectivity index is 2.23. The van der Waals surface area contributed by atoms with E-state index in [1.807, 2.05) is 0 Å². The van der Waals surface area contributed by atoms with Gasteiger partial charge in [0.1, 0.15) is 0 Å². The molecule has 2 aliphatic rings. The number of rotatable bonds is 0. The summed E-state index contributed by atoms with van der Waals surface area (Å²) in [6.07, 6.45) is 7.71. The third-order valence-corrected chi connectivity index (χ3v) is 2.61. The zero-order chi connectivity index (χ0) is 5.56. The Morgan fingerprint density at radius 2 is 2.12 bits per heavy atom. The normalized spacial score (nSPS) is 50.9. The molecular weight excluding hydrogens is 96.1 g/mol. The van der Waals surface area contributed by atoms with Gasteiger partial charge in [0.15, 0.2) is 0 Å². The lowest BCUT2D eigenvalue weighted by Gasteiger charge is -2.09. The highest BCUT2D eigenvalue weighted by Crippen LogP contribution is 2.42. The molecule has 0 nitrogen and oxygen atoms in total. The lowest BCUT2D eigenvalue weighted by Crippen LogP contribution is -1.99. The largest absolute Gasteiger partial charge is 0.0851 e. The van der Waals surface area contributed by atoms with E-state index >= 15 is 0 Å². The SMILES string of the molecule is CC1C[C@H]2C=C[C@H]1C2. The molecule has 3 atom stereocenters. The molecule has 0 amide bonds. The molecule has 8 heavy (non-hydrogen) atoms. The van der Waals surface area contributed by atoms with E-state index < -0.39 is 0 Å². The van der Waals surface area contributed by atoms with Gasteiger partial charge in [0.05, 0.1) is 0 Å². The minimum atomic E-state index is 0.958. The van der Waals surface area contributed by atoms with Crippen LogP contribution in [0.4, 0.5) is 0 Å². The zero-order valence-corrected chi connectivity index (χ0v) is 5.30. The Hall–Kier alpha value is -0.260. The molecule has 0 aromatic heterocycles. The Bertz CT molecular complexity index is 124. The highest BCUT2D eigenvalue weighted by molar-refractivity contribution is 5.08. The van der Waals surface area contributed by atoms with Crippen LogP contribution >= 0.6 is 0 Å². The lowest BCUT2D eigenvalue weighted by atomic mass is 9.96. The molecule has 1 unspecified atom stereocenters. The molecule has 0 heterocycles.